The lowest BCUT2D eigenvalue weighted by Crippen LogP contribution is -2.41. The van der Waals surface area contributed by atoms with Gasteiger partial charge in [0.15, 0.2) is 15.7 Å². The van der Waals surface area contributed by atoms with Gasteiger partial charge in [-0.1, -0.05) is 25.1 Å². The van der Waals surface area contributed by atoms with Crippen LogP contribution in [0.1, 0.15) is 31.7 Å². The average Bonchev–Trinajstić information content (AvgIpc) is 3.20. The molecule has 1 aromatic heterocycles. The Hall–Kier alpha value is -2.29. The van der Waals surface area contributed by atoms with Crippen LogP contribution in [-0.4, -0.2) is 46.3 Å². The van der Waals surface area contributed by atoms with Gasteiger partial charge in [-0.25, -0.2) is 13.1 Å². The molecule has 134 valence electrons. The van der Waals surface area contributed by atoms with E-state index in [1.807, 2.05) is 31.2 Å². The van der Waals surface area contributed by atoms with Crippen molar-refractivity contribution in [2.75, 3.05) is 11.4 Å². The van der Waals surface area contributed by atoms with Gasteiger partial charge < -0.3 is 4.90 Å². The maximum atomic E-state index is 12.8. The third-order valence-electron chi connectivity index (χ3n) is 4.41. The highest BCUT2D eigenvalue weighted by Crippen LogP contribution is 2.29. The van der Waals surface area contributed by atoms with E-state index in [2.05, 4.69) is 15.5 Å². The van der Waals surface area contributed by atoms with E-state index in [0.717, 1.165) is 24.1 Å². The molecule has 9 heteroatoms. The highest BCUT2D eigenvalue weighted by Gasteiger charge is 2.35. The summed E-state index contributed by atoms with van der Waals surface area (Å²) in [6, 6.07) is 7.57. The summed E-state index contributed by atoms with van der Waals surface area (Å²) in [6.45, 7) is 4.44. The fourth-order valence-electron chi connectivity index (χ4n) is 2.96. The van der Waals surface area contributed by atoms with E-state index in [9.17, 15) is 13.2 Å². The van der Waals surface area contributed by atoms with Crippen LogP contribution in [-0.2, 0) is 33.4 Å². The molecule has 1 amide bonds. The van der Waals surface area contributed by atoms with Crippen LogP contribution in [0.4, 0.5) is 5.69 Å². The van der Waals surface area contributed by atoms with E-state index in [1.54, 1.807) is 4.90 Å². The third kappa shape index (κ3) is 3.41. The standard InChI is InChI=1S/C16H21N5O3S/c1-3-9-21-15(17-18-19-21)11-25(23,24)12(2)16(22)20-10-8-13-6-4-5-7-14(13)20/h4-7,12H,3,8-11H2,1-2H3. The highest BCUT2D eigenvalue weighted by atomic mass is 32.2. The molecule has 0 saturated carbocycles. The minimum atomic E-state index is -3.72. The second kappa shape index (κ2) is 6.91. The number of tetrazole rings is 1. The molecule has 25 heavy (non-hydrogen) atoms. The van der Waals surface area contributed by atoms with Crippen LogP contribution in [0, 0.1) is 0 Å². The number of hydrogen-bond donors (Lipinski definition) is 0. The molecule has 0 bridgehead atoms. The molecule has 1 aromatic carbocycles. The molecule has 8 nitrogen and oxygen atoms in total. The van der Waals surface area contributed by atoms with Gasteiger partial charge in [0, 0.05) is 18.8 Å². The predicted octanol–water partition coefficient (Wildman–Crippen LogP) is 0.976. The average molecular weight is 363 g/mol. The van der Waals surface area contributed by atoms with E-state index in [-0.39, 0.29) is 11.6 Å². The SMILES string of the molecule is CCCn1nnnc1CS(=O)(=O)C(C)C(=O)N1CCc2ccccc21. The van der Waals surface area contributed by atoms with Gasteiger partial charge in [0.25, 0.3) is 0 Å². The van der Waals surface area contributed by atoms with E-state index < -0.39 is 21.0 Å². The fourth-order valence-corrected chi connectivity index (χ4v) is 4.21. The van der Waals surface area contributed by atoms with Crippen molar-refractivity contribution >= 4 is 21.4 Å². The molecular formula is C16H21N5O3S. The van der Waals surface area contributed by atoms with Crippen molar-refractivity contribution in [1.29, 1.82) is 0 Å². The minimum absolute atomic E-state index is 0.267. The Morgan fingerprint density at radius 1 is 1.32 bits per heavy atom. The summed E-state index contributed by atoms with van der Waals surface area (Å²) in [4.78, 5) is 14.3. The van der Waals surface area contributed by atoms with Crippen LogP contribution < -0.4 is 4.90 Å². The summed E-state index contributed by atoms with van der Waals surface area (Å²) < 4.78 is 26.9. The molecule has 0 spiro atoms. The molecule has 0 radical (unpaired) electrons. The first kappa shape index (κ1) is 17.5. The number of nitrogens with zero attached hydrogens (tertiary/aromatic N) is 5. The van der Waals surface area contributed by atoms with Crippen LogP contribution in [0.25, 0.3) is 0 Å². The smallest absolute Gasteiger partial charge is 0.245 e. The number of aryl methyl sites for hydroxylation is 1. The maximum Gasteiger partial charge on any atom is 0.245 e. The van der Waals surface area contributed by atoms with Crippen molar-refractivity contribution in [3.8, 4) is 0 Å². The molecule has 0 fully saturated rings. The number of carbonyl (C=O) groups excluding carboxylic acids is 1. The first-order valence-corrected chi connectivity index (χ1v) is 10.0. The van der Waals surface area contributed by atoms with E-state index in [1.165, 1.54) is 11.6 Å². The molecule has 0 aliphatic carbocycles. The highest BCUT2D eigenvalue weighted by molar-refractivity contribution is 7.92. The molecule has 1 aliphatic heterocycles. The lowest BCUT2D eigenvalue weighted by molar-refractivity contribution is -0.117. The molecule has 1 unspecified atom stereocenters. The van der Waals surface area contributed by atoms with E-state index in [0.29, 0.717) is 13.1 Å². The molecule has 3 rings (SSSR count). The number of carbonyl (C=O) groups is 1. The lowest BCUT2D eigenvalue weighted by Gasteiger charge is -2.21. The summed E-state index contributed by atoms with van der Waals surface area (Å²) in [5.41, 5.74) is 1.86. The zero-order valence-corrected chi connectivity index (χ0v) is 15.1. The molecule has 1 atom stereocenters. The van der Waals surface area contributed by atoms with Crippen molar-refractivity contribution in [3.63, 3.8) is 0 Å². The zero-order chi connectivity index (χ0) is 18.0. The van der Waals surface area contributed by atoms with Crippen molar-refractivity contribution in [2.45, 2.75) is 44.2 Å². The quantitative estimate of drug-likeness (QED) is 0.759. The van der Waals surface area contributed by atoms with Crippen LogP contribution in [0.3, 0.4) is 0 Å². The van der Waals surface area contributed by atoms with Crippen molar-refractivity contribution < 1.29 is 13.2 Å². The van der Waals surface area contributed by atoms with Gasteiger partial charge in [0.05, 0.1) is 0 Å². The van der Waals surface area contributed by atoms with Crippen molar-refractivity contribution in [1.82, 2.24) is 20.2 Å². The lowest BCUT2D eigenvalue weighted by atomic mass is 10.2. The number of anilines is 1. The first-order valence-electron chi connectivity index (χ1n) is 8.30. The Bertz CT molecular complexity index is 877. The molecule has 2 heterocycles. The summed E-state index contributed by atoms with van der Waals surface area (Å²) in [7, 11) is -3.72. The Labute approximate surface area is 146 Å². The molecule has 2 aromatic rings. The Balaban J connectivity index is 1.78. The topological polar surface area (TPSA) is 98.0 Å². The van der Waals surface area contributed by atoms with Gasteiger partial charge in [0.1, 0.15) is 11.0 Å². The Morgan fingerprint density at radius 3 is 2.84 bits per heavy atom. The monoisotopic (exact) mass is 363 g/mol. The summed E-state index contributed by atoms with van der Waals surface area (Å²) in [6.07, 6.45) is 1.53. The second-order valence-electron chi connectivity index (χ2n) is 6.14. The largest absolute Gasteiger partial charge is 0.311 e. The minimum Gasteiger partial charge on any atom is -0.311 e. The van der Waals surface area contributed by atoms with Gasteiger partial charge in [-0.15, -0.1) is 5.10 Å². The van der Waals surface area contributed by atoms with Crippen LogP contribution in [0.2, 0.25) is 0 Å². The molecular weight excluding hydrogens is 342 g/mol. The van der Waals surface area contributed by atoms with E-state index in [4.69, 9.17) is 0 Å². The van der Waals surface area contributed by atoms with Gasteiger partial charge in [-0.2, -0.15) is 0 Å². The third-order valence-corrected chi connectivity index (χ3v) is 6.35. The normalized spacial score (nSPS) is 15.2. The summed E-state index contributed by atoms with van der Waals surface area (Å²) in [5.74, 6) is -0.481. The number of aromatic nitrogens is 4. The number of amides is 1. The van der Waals surface area contributed by atoms with Crippen molar-refractivity contribution in [3.05, 3.63) is 35.7 Å². The molecule has 0 N–H and O–H groups in total. The number of rotatable bonds is 6. The summed E-state index contributed by atoms with van der Waals surface area (Å²) in [5, 5.41) is 9.98. The number of para-hydroxylation sites is 1. The zero-order valence-electron chi connectivity index (χ0n) is 14.3. The van der Waals surface area contributed by atoms with Gasteiger partial charge in [0.2, 0.25) is 5.91 Å². The van der Waals surface area contributed by atoms with E-state index >= 15 is 0 Å². The fraction of sp³-hybridized carbons (Fsp3) is 0.500. The maximum absolute atomic E-state index is 12.8. The first-order chi connectivity index (χ1) is 11.9. The number of benzene rings is 1. The molecule has 0 saturated heterocycles. The van der Waals surface area contributed by atoms with Gasteiger partial charge >= 0.3 is 0 Å². The second-order valence-corrected chi connectivity index (χ2v) is 8.46. The van der Waals surface area contributed by atoms with Crippen molar-refractivity contribution in [2.24, 2.45) is 0 Å². The van der Waals surface area contributed by atoms with Crippen LogP contribution in [0.5, 0.6) is 0 Å². The summed E-state index contributed by atoms with van der Waals surface area (Å²) >= 11 is 0. The number of sulfone groups is 1. The van der Waals surface area contributed by atoms with Gasteiger partial charge in [-0.3, -0.25) is 4.79 Å². The number of fused-ring (bicyclic) bond motifs is 1. The Kier molecular flexibility index (Phi) is 4.85. The van der Waals surface area contributed by atoms with Crippen LogP contribution in [0.15, 0.2) is 24.3 Å². The predicted molar refractivity (Wildman–Crippen MR) is 92.7 cm³/mol. The van der Waals surface area contributed by atoms with Crippen LogP contribution >= 0.6 is 0 Å². The Morgan fingerprint density at radius 2 is 2.08 bits per heavy atom. The number of hydrogen-bond acceptors (Lipinski definition) is 6. The van der Waals surface area contributed by atoms with Gasteiger partial charge in [-0.05, 0) is 41.8 Å². The molecule has 1 aliphatic rings.